The molecule has 0 radical (unpaired) electrons. The van der Waals surface area contributed by atoms with E-state index in [1.54, 1.807) is 0 Å². The van der Waals surface area contributed by atoms with Crippen molar-refractivity contribution in [3.8, 4) is 0 Å². The molecule has 2 aliphatic rings. The summed E-state index contributed by atoms with van der Waals surface area (Å²) in [5.74, 6) is 0.488. The lowest BCUT2D eigenvalue weighted by Gasteiger charge is -2.43. The molecule has 0 spiro atoms. The lowest BCUT2D eigenvalue weighted by Crippen LogP contribution is -2.53. The first-order chi connectivity index (χ1) is 11.5. The molecule has 1 amide bonds. The number of amides is 1. The minimum atomic E-state index is -0.357. The Labute approximate surface area is 140 Å². The molecule has 4 unspecified atom stereocenters. The number of Topliss-reactive ketones (excluding diaryl/α,β-unsaturated/α-hetero) is 1. The lowest BCUT2D eigenvalue weighted by atomic mass is 9.74. The number of rotatable bonds is 4. The highest BCUT2D eigenvalue weighted by Gasteiger charge is 2.40. The fourth-order valence-corrected chi connectivity index (χ4v) is 3.67. The van der Waals surface area contributed by atoms with Gasteiger partial charge in [0, 0.05) is 31.0 Å². The molecule has 6 heteroatoms. The number of benzene rings is 1. The Bertz CT molecular complexity index is 605. The first-order valence-electron chi connectivity index (χ1n) is 8.51. The zero-order valence-corrected chi connectivity index (χ0v) is 13.8. The summed E-state index contributed by atoms with van der Waals surface area (Å²) in [6.45, 7) is 2.69. The van der Waals surface area contributed by atoms with E-state index in [0.29, 0.717) is 36.8 Å². The van der Waals surface area contributed by atoms with Gasteiger partial charge in [-0.05, 0) is 48.9 Å². The molecule has 0 aromatic heterocycles. The van der Waals surface area contributed by atoms with Crippen LogP contribution in [0.5, 0.6) is 0 Å². The van der Waals surface area contributed by atoms with Gasteiger partial charge in [0.2, 0.25) is 0 Å². The van der Waals surface area contributed by atoms with E-state index in [1.807, 2.05) is 0 Å². The Morgan fingerprint density at radius 3 is 2.88 bits per heavy atom. The maximum absolute atomic E-state index is 12.9. The third-order valence-electron chi connectivity index (χ3n) is 5.19. The lowest BCUT2D eigenvalue weighted by molar-refractivity contribution is -0.160. The smallest absolute Gasteiger partial charge is 0.251 e. The van der Waals surface area contributed by atoms with Crippen molar-refractivity contribution >= 4 is 11.7 Å². The summed E-state index contributed by atoms with van der Waals surface area (Å²) in [7, 11) is 0. The molecular weight excluding hydrogens is 311 g/mol. The molecule has 0 bridgehead atoms. The Kier molecular flexibility index (Phi) is 5.26. The van der Waals surface area contributed by atoms with Gasteiger partial charge in [-0.25, -0.2) is 4.39 Å². The van der Waals surface area contributed by atoms with Crippen molar-refractivity contribution in [2.24, 2.45) is 11.8 Å². The number of halogens is 1. The van der Waals surface area contributed by atoms with Gasteiger partial charge in [-0.3, -0.25) is 14.4 Å². The summed E-state index contributed by atoms with van der Waals surface area (Å²) in [6, 6.07) is 5.64. The van der Waals surface area contributed by atoms with Crippen LogP contribution in [0.4, 0.5) is 4.39 Å². The normalized spacial score (nSPS) is 29.8. The Morgan fingerprint density at radius 2 is 2.12 bits per heavy atom. The third kappa shape index (κ3) is 3.82. The zero-order chi connectivity index (χ0) is 17.1. The van der Waals surface area contributed by atoms with Gasteiger partial charge in [-0.2, -0.15) is 5.48 Å². The van der Waals surface area contributed by atoms with Gasteiger partial charge >= 0.3 is 0 Å². The molecule has 1 aliphatic carbocycles. The highest BCUT2D eigenvalue weighted by molar-refractivity contribution is 5.94. The first-order valence-corrected chi connectivity index (χ1v) is 8.51. The van der Waals surface area contributed by atoms with Gasteiger partial charge in [-0.1, -0.05) is 6.92 Å². The molecular formula is C18H23FN2O3. The van der Waals surface area contributed by atoms with Crippen molar-refractivity contribution in [3.05, 3.63) is 35.6 Å². The van der Waals surface area contributed by atoms with Crippen LogP contribution in [0.15, 0.2) is 24.3 Å². The average molecular weight is 334 g/mol. The molecule has 1 heterocycles. The second-order valence-electron chi connectivity index (χ2n) is 6.74. The van der Waals surface area contributed by atoms with Crippen LogP contribution in [0.1, 0.15) is 43.0 Å². The van der Waals surface area contributed by atoms with E-state index in [-0.39, 0.29) is 29.7 Å². The molecule has 2 fully saturated rings. The van der Waals surface area contributed by atoms with Crippen LogP contribution in [0.2, 0.25) is 0 Å². The molecule has 1 saturated heterocycles. The molecule has 2 N–H and O–H groups in total. The number of hydrogen-bond donors (Lipinski definition) is 2. The van der Waals surface area contributed by atoms with Crippen LogP contribution in [0.25, 0.3) is 0 Å². The van der Waals surface area contributed by atoms with Crippen molar-refractivity contribution in [1.82, 2.24) is 10.8 Å². The van der Waals surface area contributed by atoms with E-state index < -0.39 is 0 Å². The minimum Gasteiger partial charge on any atom is -0.352 e. The van der Waals surface area contributed by atoms with E-state index in [4.69, 9.17) is 4.84 Å². The largest absolute Gasteiger partial charge is 0.352 e. The van der Waals surface area contributed by atoms with Crippen molar-refractivity contribution in [2.75, 3.05) is 6.54 Å². The molecule has 1 aromatic rings. The highest BCUT2D eigenvalue weighted by Crippen LogP contribution is 2.35. The summed E-state index contributed by atoms with van der Waals surface area (Å²) < 4.78 is 12.9. The van der Waals surface area contributed by atoms with Gasteiger partial charge in [0.15, 0.2) is 0 Å². The number of hydrogen-bond acceptors (Lipinski definition) is 4. The molecule has 1 aromatic carbocycles. The van der Waals surface area contributed by atoms with Gasteiger partial charge in [0.05, 0.1) is 6.10 Å². The molecule has 5 nitrogen and oxygen atoms in total. The summed E-state index contributed by atoms with van der Waals surface area (Å²) >= 11 is 0. The predicted octanol–water partition coefficient (Wildman–Crippen LogP) is 2.22. The van der Waals surface area contributed by atoms with E-state index >= 15 is 0 Å². The number of fused-ring (bicyclic) bond motifs is 1. The SMILES string of the molecule is CC1C(CCNC(=O)c2ccc(F)cc2)NOC2CC(=O)CCC21. The number of carbonyl (C=O) groups excluding carboxylic acids is 2. The van der Waals surface area contributed by atoms with Gasteiger partial charge in [0.1, 0.15) is 11.6 Å². The van der Waals surface area contributed by atoms with Gasteiger partial charge in [0.25, 0.3) is 5.91 Å². The number of ketones is 1. The summed E-state index contributed by atoms with van der Waals surface area (Å²) in [5, 5.41) is 2.85. The van der Waals surface area contributed by atoms with E-state index in [1.165, 1.54) is 24.3 Å². The maximum atomic E-state index is 12.9. The quantitative estimate of drug-likeness (QED) is 0.886. The summed E-state index contributed by atoms with van der Waals surface area (Å²) in [5.41, 5.74) is 3.50. The topological polar surface area (TPSA) is 67.4 Å². The molecule has 130 valence electrons. The average Bonchev–Trinajstić information content (AvgIpc) is 2.57. The predicted molar refractivity (Wildman–Crippen MR) is 86.7 cm³/mol. The summed E-state index contributed by atoms with van der Waals surface area (Å²) in [4.78, 5) is 29.2. The highest BCUT2D eigenvalue weighted by atomic mass is 19.1. The number of carbonyl (C=O) groups is 2. The van der Waals surface area contributed by atoms with Crippen LogP contribution in [-0.4, -0.2) is 30.4 Å². The van der Waals surface area contributed by atoms with E-state index in [9.17, 15) is 14.0 Å². The maximum Gasteiger partial charge on any atom is 0.251 e. The zero-order valence-electron chi connectivity index (χ0n) is 13.8. The Balaban J connectivity index is 1.47. The van der Waals surface area contributed by atoms with Crippen LogP contribution < -0.4 is 10.8 Å². The van der Waals surface area contributed by atoms with Crippen LogP contribution in [0.3, 0.4) is 0 Å². The molecule has 4 atom stereocenters. The van der Waals surface area contributed by atoms with Crippen molar-refractivity contribution in [2.45, 2.75) is 44.8 Å². The van der Waals surface area contributed by atoms with E-state index in [0.717, 1.165) is 12.8 Å². The molecule has 1 aliphatic heterocycles. The molecule has 24 heavy (non-hydrogen) atoms. The van der Waals surface area contributed by atoms with Gasteiger partial charge in [-0.15, -0.1) is 0 Å². The van der Waals surface area contributed by atoms with Crippen LogP contribution in [0, 0.1) is 17.7 Å². The second-order valence-corrected chi connectivity index (χ2v) is 6.74. The standard InChI is InChI=1S/C18H23FN2O3/c1-11-15-7-6-14(22)10-17(15)24-21-16(11)8-9-20-18(23)12-2-4-13(19)5-3-12/h2-5,11,15-17,21H,6-10H2,1H3,(H,20,23). The fourth-order valence-electron chi connectivity index (χ4n) is 3.67. The first kappa shape index (κ1) is 17.0. The number of nitrogens with one attached hydrogen (secondary N) is 2. The van der Waals surface area contributed by atoms with Crippen molar-refractivity contribution < 1.29 is 18.8 Å². The van der Waals surface area contributed by atoms with Crippen LogP contribution >= 0.6 is 0 Å². The summed E-state index contributed by atoms with van der Waals surface area (Å²) in [6.07, 6.45) is 2.74. The van der Waals surface area contributed by atoms with Gasteiger partial charge < -0.3 is 5.32 Å². The van der Waals surface area contributed by atoms with E-state index in [2.05, 4.69) is 17.7 Å². The van der Waals surface area contributed by atoms with Crippen LogP contribution in [-0.2, 0) is 9.63 Å². The van der Waals surface area contributed by atoms with Crippen molar-refractivity contribution in [1.29, 1.82) is 0 Å². The third-order valence-corrected chi connectivity index (χ3v) is 5.19. The number of hydroxylamine groups is 1. The molecule has 1 saturated carbocycles. The monoisotopic (exact) mass is 334 g/mol. The second kappa shape index (κ2) is 7.40. The van der Waals surface area contributed by atoms with Crippen molar-refractivity contribution in [3.63, 3.8) is 0 Å². The minimum absolute atomic E-state index is 0.0219. The Hall–Kier alpha value is -1.79. The fraction of sp³-hybridized carbons (Fsp3) is 0.556. The Morgan fingerprint density at radius 1 is 1.38 bits per heavy atom. The molecule has 3 rings (SSSR count).